The summed E-state index contributed by atoms with van der Waals surface area (Å²) in [7, 11) is 1.45. The molecule has 0 unspecified atom stereocenters. The van der Waals surface area contributed by atoms with Gasteiger partial charge in [-0.15, -0.1) is 0 Å². The molecule has 1 aliphatic heterocycles. The van der Waals surface area contributed by atoms with Gasteiger partial charge in [-0.25, -0.2) is 15.0 Å². The molecule has 11 nitrogen and oxygen atoms in total. The van der Waals surface area contributed by atoms with E-state index in [9.17, 15) is 14.4 Å². The number of aryl methyl sites for hydroxylation is 1. The molecule has 0 aliphatic carbocycles. The third-order valence-electron chi connectivity index (χ3n) is 6.59. The van der Waals surface area contributed by atoms with Crippen LogP contribution in [0.25, 0.3) is 5.69 Å². The van der Waals surface area contributed by atoms with Crippen LogP contribution < -0.4 is 25.5 Å². The summed E-state index contributed by atoms with van der Waals surface area (Å²) in [5.74, 6) is -0.387. The molecule has 12 heteroatoms. The molecule has 4 rings (SSSR count). The van der Waals surface area contributed by atoms with E-state index in [1.807, 2.05) is 44.2 Å². The predicted octanol–water partition coefficient (Wildman–Crippen LogP) is 4.59. The highest BCUT2D eigenvalue weighted by Crippen LogP contribution is 2.34. The first kappa shape index (κ1) is 30.4. The summed E-state index contributed by atoms with van der Waals surface area (Å²) in [6.07, 6.45) is 1.59. The molecule has 0 bridgehead atoms. The van der Waals surface area contributed by atoms with Gasteiger partial charge in [0.2, 0.25) is 0 Å². The lowest BCUT2D eigenvalue weighted by Gasteiger charge is -2.28. The van der Waals surface area contributed by atoms with Gasteiger partial charge in [0.05, 0.1) is 31.5 Å². The zero-order valence-corrected chi connectivity index (χ0v) is 25.5. The highest BCUT2D eigenvalue weighted by Gasteiger charge is 2.32. The number of nitrogens with one attached hydrogen (secondary N) is 3. The SMILES string of the molecule is CCOC(=O)C1=C(C)NC(=O)N[C@H]1c1ccc(OCC(=O)N/N=C\c2cc(C)n(-c3ccc(Br)cc3)c2C)c(OC)c1. The number of carbonyl (C=O) groups excluding carboxylic acids is 3. The number of methoxy groups -OCH3 is 1. The Morgan fingerprint density at radius 2 is 1.83 bits per heavy atom. The predicted molar refractivity (Wildman–Crippen MR) is 161 cm³/mol. The van der Waals surface area contributed by atoms with Crippen molar-refractivity contribution in [1.82, 2.24) is 20.6 Å². The van der Waals surface area contributed by atoms with Crippen molar-refractivity contribution in [3.63, 3.8) is 0 Å². The number of halogens is 1. The molecule has 3 amide bonds. The number of hydrogen-bond acceptors (Lipinski definition) is 7. The van der Waals surface area contributed by atoms with Crippen molar-refractivity contribution in [3.05, 3.63) is 86.8 Å². The maximum Gasteiger partial charge on any atom is 0.338 e. The number of hydrazone groups is 1. The summed E-state index contributed by atoms with van der Waals surface area (Å²) in [6.45, 7) is 7.20. The van der Waals surface area contributed by atoms with Crippen molar-refractivity contribution in [2.75, 3.05) is 20.3 Å². The van der Waals surface area contributed by atoms with Crippen molar-refractivity contribution >= 4 is 40.1 Å². The van der Waals surface area contributed by atoms with Gasteiger partial charge in [-0.3, -0.25) is 4.79 Å². The second-order valence-electron chi connectivity index (χ2n) is 9.42. The minimum atomic E-state index is -0.760. The Bertz CT molecular complexity index is 1560. The van der Waals surface area contributed by atoms with Gasteiger partial charge in [0.1, 0.15) is 0 Å². The average molecular weight is 639 g/mol. The summed E-state index contributed by atoms with van der Waals surface area (Å²) in [6, 6.07) is 13.7. The Morgan fingerprint density at radius 1 is 1.10 bits per heavy atom. The van der Waals surface area contributed by atoms with E-state index in [-0.39, 0.29) is 18.8 Å². The second-order valence-corrected chi connectivity index (χ2v) is 10.3. The van der Waals surface area contributed by atoms with Crippen molar-refractivity contribution in [3.8, 4) is 17.2 Å². The van der Waals surface area contributed by atoms with Gasteiger partial charge in [-0.2, -0.15) is 5.10 Å². The van der Waals surface area contributed by atoms with Crippen LogP contribution in [0, 0.1) is 13.8 Å². The third-order valence-corrected chi connectivity index (χ3v) is 7.12. The average Bonchev–Trinajstić information content (AvgIpc) is 3.24. The lowest BCUT2D eigenvalue weighted by Crippen LogP contribution is -2.45. The molecule has 220 valence electrons. The Hall–Kier alpha value is -4.58. The van der Waals surface area contributed by atoms with Crippen molar-refractivity contribution in [1.29, 1.82) is 0 Å². The minimum absolute atomic E-state index is 0.191. The number of aromatic nitrogens is 1. The molecule has 3 N–H and O–H groups in total. The molecule has 1 aromatic heterocycles. The molecule has 2 heterocycles. The molecule has 0 saturated carbocycles. The number of hydrogen-bond donors (Lipinski definition) is 3. The molecule has 0 fully saturated rings. The van der Waals surface area contributed by atoms with E-state index in [1.54, 1.807) is 38.3 Å². The van der Waals surface area contributed by atoms with Gasteiger partial charge in [0.15, 0.2) is 18.1 Å². The smallest absolute Gasteiger partial charge is 0.338 e. The fraction of sp³-hybridized carbons (Fsp3) is 0.267. The summed E-state index contributed by atoms with van der Waals surface area (Å²) < 4.78 is 19.4. The second kappa shape index (κ2) is 13.4. The molecule has 0 spiro atoms. The van der Waals surface area contributed by atoms with Crippen LogP contribution in [0.5, 0.6) is 11.5 Å². The molecule has 0 saturated heterocycles. The Morgan fingerprint density at radius 3 is 2.52 bits per heavy atom. The third kappa shape index (κ3) is 6.82. The van der Waals surface area contributed by atoms with E-state index in [1.165, 1.54) is 7.11 Å². The van der Waals surface area contributed by atoms with Crippen LogP contribution in [0.1, 0.15) is 42.4 Å². The van der Waals surface area contributed by atoms with Crippen molar-refractivity contribution < 1.29 is 28.6 Å². The van der Waals surface area contributed by atoms with Crippen LogP contribution in [0.2, 0.25) is 0 Å². The maximum absolute atomic E-state index is 12.6. The van der Waals surface area contributed by atoms with Gasteiger partial charge >= 0.3 is 12.0 Å². The molecule has 1 atom stereocenters. The number of amides is 3. The lowest BCUT2D eigenvalue weighted by atomic mass is 9.95. The van der Waals surface area contributed by atoms with Gasteiger partial charge in [-0.1, -0.05) is 22.0 Å². The fourth-order valence-corrected chi connectivity index (χ4v) is 4.93. The van der Waals surface area contributed by atoms with Crippen LogP contribution in [-0.4, -0.2) is 49.0 Å². The van der Waals surface area contributed by atoms with Gasteiger partial charge < -0.3 is 29.4 Å². The van der Waals surface area contributed by atoms with Crippen LogP contribution in [-0.2, 0) is 14.3 Å². The standard InChI is InChI=1S/C30H32BrN5O6/c1-6-41-29(38)27-18(3)33-30(39)34-28(27)20-7-12-24(25(14-20)40-5)42-16-26(37)35-32-15-21-13-17(2)36(19(21)4)23-10-8-22(31)9-11-23/h7-15,28H,6,16H2,1-5H3,(H,35,37)(H2,33,34,39)/b32-15-/t28-/m0/s1. The van der Waals surface area contributed by atoms with E-state index in [2.05, 4.69) is 41.7 Å². The fourth-order valence-electron chi connectivity index (χ4n) is 4.66. The summed E-state index contributed by atoms with van der Waals surface area (Å²) in [5, 5.41) is 9.44. The number of allylic oxidation sites excluding steroid dienone is 1. The minimum Gasteiger partial charge on any atom is -0.493 e. The van der Waals surface area contributed by atoms with Gasteiger partial charge in [0.25, 0.3) is 5.91 Å². The summed E-state index contributed by atoms with van der Waals surface area (Å²) in [4.78, 5) is 37.2. The number of ether oxygens (including phenoxy) is 3. The van der Waals surface area contributed by atoms with E-state index >= 15 is 0 Å². The van der Waals surface area contributed by atoms with Crippen molar-refractivity contribution in [2.45, 2.75) is 33.7 Å². The largest absolute Gasteiger partial charge is 0.493 e. The van der Waals surface area contributed by atoms with E-state index in [0.29, 0.717) is 22.8 Å². The molecular formula is C30H32BrN5O6. The molecular weight excluding hydrogens is 606 g/mol. The quantitative estimate of drug-likeness (QED) is 0.169. The molecule has 0 radical (unpaired) electrons. The Balaban J connectivity index is 1.41. The normalized spacial score (nSPS) is 14.8. The maximum atomic E-state index is 12.6. The number of rotatable bonds is 10. The van der Waals surface area contributed by atoms with Crippen LogP contribution in [0.15, 0.2) is 69.4 Å². The van der Waals surface area contributed by atoms with Gasteiger partial charge in [0, 0.05) is 32.8 Å². The van der Waals surface area contributed by atoms with Crippen LogP contribution >= 0.6 is 15.9 Å². The molecule has 1 aliphatic rings. The monoisotopic (exact) mass is 637 g/mol. The summed E-state index contributed by atoms with van der Waals surface area (Å²) >= 11 is 3.46. The van der Waals surface area contributed by atoms with E-state index in [4.69, 9.17) is 14.2 Å². The first-order chi connectivity index (χ1) is 20.1. The van der Waals surface area contributed by atoms with Crippen LogP contribution in [0.4, 0.5) is 4.79 Å². The zero-order valence-electron chi connectivity index (χ0n) is 23.9. The summed E-state index contributed by atoms with van der Waals surface area (Å²) in [5.41, 5.74) is 7.64. The molecule has 42 heavy (non-hydrogen) atoms. The molecule has 2 aromatic carbocycles. The van der Waals surface area contributed by atoms with Crippen LogP contribution in [0.3, 0.4) is 0 Å². The first-order valence-electron chi connectivity index (χ1n) is 13.2. The Kier molecular flexibility index (Phi) is 9.68. The first-order valence-corrected chi connectivity index (χ1v) is 13.9. The topological polar surface area (TPSA) is 132 Å². The van der Waals surface area contributed by atoms with E-state index in [0.717, 1.165) is 27.1 Å². The Labute approximate surface area is 252 Å². The highest BCUT2D eigenvalue weighted by atomic mass is 79.9. The molecule has 3 aromatic rings. The number of esters is 1. The number of urea groups is 1. The van der Waals surface area contributed by atoms with Gasteiger partial charge in [-0.05, 0) is 75.7 Å². The number of benzene rings is 2. The number of carbonyl (C=O) groups is 3. The highest BCUT2D eigenvalue weighted by molar-refractivity contribution is 9.10. The zero-order chi connectivity index (χ0) is 30.4. The van der Waals surface area contributed by atoms with Crippen molar-refractivity contribution in [2.24, 2.45) is 5.10 Å². The lowest BCUT2D eigenvalue weighted by molar-refractivity contribution is -0.139. The van der Waals surface area contributed by atoms with E-state index < -0.39 is 23.9 Å². The number of nitrogens with zero attached hydrogens (tertiary/aromatic N) is 2.